The number of carbonyl (C=O) groups excluding carboxylic acids is 3. The van der Waals surface area contributed by atoms with Crippen LogP contribution in [0.2, 0.25) is 0 Å². The molecule has 1 aliphatic carbocycles. The lowest BCUT2D eigenvalue weighted by Gasteiger charge is -2.21. The van der Waals surface area contributed by atoms with Gasteiger partial charge in [-0.3, -0.25) is 14.5 Å². The smallest absolute Gasteiger partial charge is 0.329 e. The van der Waals surface area contributed by atoms with Crippen LogP contribution in [0.25, 0.3) is 10.8 Å². The van der Waals surface area contributed by atoms with E-state index in [4.69, 9.17) is 9.15 Å². The van der Waals surface area contributed by atoms with Crippen LogP contribution in [0.1, 0.15) is 44.1 Å². The summed E-state index contributed by atoms with van der Waals surface area (Å²) in [5.74, 6) is -0.581. The highest BCUT2D eigenvalue weighted by Gasteiger charge is 2.51. The topological polar surface area (TPSA) is 89.7 Å². The molecule has 1 aliphatic heterocycles. The summed E-state index contributed by atoms with van der Waals surface area (Å²) in [6.07, 6.45) is 3.34. The van der Waals surface area contributed by atoms with Gasteiger partial charge in [-0.15, -0.1) is 11.3 Å². The molecule has 1 saturated heterocycles. The molecule has 0 radical (unpaired) electrons. The first-order valence-corrected chi connectivity index (χ1v) is 10.4. The maximum absolute atomic E-state index is 12.6. The van der Waals surface area contributed by atoms with Gasteiger partial charge < -0.3 is 9.15 Å². The Morgan fingerprint density at radius 1 is 1.32 bits per heavy atom. The molecular weight excluding hydrogens is 380 g/mol. The predicted octanol–water partition coefficient (Wildman–Crippen LogP) is 3.32. The van der Waals surface area contributed by atoms with Gasteiger partial charge in [0.05, 0.1) is 16.7 Å². The molecule has 2 aromatic rings. The van der Waals surface area contributed by atoms with Crippen LogP contribution in [0, 0.1) is 18.8 Å². The van der Waals surface area contributed by atoms with E-state index < -0.39 is 12.0 Å². The third-order valence-electron chi connectivity index (χ3n) is 5.58. The average Bonchev–Trinajstić information content (AvgIpc) is 3.40. The molecule has 4 rings (SSSR count). The summed E-state index contributed by atoms with van der Waals surface area (Å²) in [6, 6.07) is 2.87. The number of esters is 1. The summed E-state index contributed by atoms with van der Waals surface area (Å²) in [5.41, 5.74) is 0.525. The van der Waals surface area contributed by atoms with E-state index in [1.54, 1.807) is 13.8 Å². The first-order chi connectivity index (χ1) is 13.5. The van der Waals surface area contributed by atoms with Crippen LogP contribution in [0.15, 0.2) is 21.9 Å². The Bertz CT molecular complexity index is 880. The molecular formula is C20H22N2O5S. The highest BCUT2D eigenvalue weighted by molar-refractivity contribution is 7.13. The summed E-state index contributed by atoms with van der Waals surface area (Å²) in [7, 11) is 0. The standard InChI is InChI=1S/C20H22N2O5S/c1-11(22-18(23)13-6-3-4-7-14(13)19(22)24)20(25)26-10-15-12(2)27-17(21-15)16-8-5-9-28-16/h5,8-9,11,13-14H,3-4,6-7,10H2,1-2H3/t11-,13?,14?/m0/s1. The van der Waals surface area contributed by atoms with Crippen molar-refractivity contribution in [2.45, 2.75) is 52.2 Å². The van der Waals surface area contributed by atoms with Gasteiger partial charge in [-0.1, -0.05) is 18.9 Å². The van der Waals surface area contributed by atoms with Gasteiger partial charge >= 0.3 is 5.97 Å². The Morgan fingerprint density at radius 3 is 2.61 bits per heavy atom. The molecule has 0 spiro atoms. The molecule has 7 nitrogen and oxygen atoms in total. The maximum Gasteiger partial charge on any atom is 0.329 e. The zero-order valence-electron chi connectivity index (χ0n) is 15.8. The summed E-state index contributed by atoms with van der Waals surface area (Å²) < 4.78 is 11.0. The molecule has 3 heterocycles. The van der Waals surface area contributed by atoms with E-state index in [1.807, 2.05) is 17.5 Å². The Kier molecular flexibility index (Phi) is 5.05. The molecule has 2 aliphatic rings. The summed E-state index contributed by atoms with van der Waals surface area (Å²) in [4.78, 5) is 44.2. The van der Waals surface area contributed by atoms with Gasteiger partial charge in [-0.25, -0.2) is 9.78 Å². The quantitative estimate of drug-likeness (QED) is 0.563. The van der Waals surface area contributed by atoms with E-state index in [1.165, 1.54) is 11.3 Å². The summed E-state index contributed by atoms with van der Waals surface area (Å²) >= 11 is 1.51. The summed E-state index contributed by atoms with van der Waals surface area (Å²) in [5, 5.41) is 1.93. The first kappa shape index (κ1) is 18.9. The van der Waals surface area contributed by atoms with Gasteiger partial charge in [-0.2, -0.15) is 0 Å². The largest absolute Gasteiger partial charge is 0.457 e. The second kappa shape index (κ2) is 7.50. The molecule has 148 valence electrons. The third kappa shape index (κ3) is 3.26. The Labute approximate surface area is 166 Å². The Morgan fingerprint density at radius 2 is 2.00 bits per heavy atom. The van der Waals surface area contributed by atoms with E-state index in [9.17, 15) is 14.4 Å². The number of aryl methyl sites for hydroxylation is 1. The average molecular weight is 402 g/mol. The number of likely N-dealkylation sites (tertiary alicyclic amines) is 1. The number of rotatable bonds is 5. The zero-order chi connectivity index (χ0) is 19.8. The molecule has 8 heteroatoms. The van der Waals surface area contributed by atoms with Gasteiger partial charge in [-0.05, 0) is 38.1 Å². The number of nitrogens with zero attached hydrogens (tertiary/aromatic N) is 2. The van der Waals surface area contributed by atoms with E-state index in [0.717, 1.165) is 35.5 Å². The fourth-order valence-corrected chi connectivity index (χ4v) is 4.65. The lowest BCUT2D eigenvalue weighted by Crippen LogP contribution is -2.44. The molecule has 2 amide bonds. The molecule has 0 aromatic carbocycles. The lowest BCUT2D eigenvalue weighted by atomic mass is 9.81. The molecule has 0 bridgehead atoms. The number of fused-ring (bicyclic) bond motifs is 1. The van der Waals surface area contributed by atoms with Crippen LogP contribution in [-0.2, 0) is 25.7 Å². The molecule has 1 saturated carbocycles. The number of thiophene rings is 1. The van der Waals surface area contributed by atoms with Crippen molar-refractivity contribution in [3.05, 3.63) is 29.0 Å². The monoisotopic (exact) mass is 402 g/mol. The molecule has 0 N–H and O–H groups in total. The van der Waals surface area contributed by atoms with Gasteiger partial charge in [0.15, 0.2) is 0 Å². The van der Waals surface area contributed by atoms with Crippen LogP contribution in [0.3, 0.4) is 0 Å². The number of hydrogen-bond acceptors (Lipinski definition) is 7. The molecule has 28 heavy (non-hydrogen) atoms. The van der Waals surface area contributed by atoms with Crippen LogP contribution in [0.4, 0.5) is 0 Å². The second-order valence-corrected chi connectivity index (χ2v) is 8.27. The van der Waals surface area contributed by atoms with Gasteiger partial charge in [0.1, 0.15) is 24.1 Å². The van der Waals surface area contributed by atoms with E-state index in [-0.39, 0.29) is 30.3 Å². The van der Waals surface area contributed by atoms with Crippen molar-refractivity contribution in [1.82, 2.24) is 9.88 Å². The summed E-state index contributed by atoms with van der Waals surface area (Å²) in [6.45, 7) is 3.24. The molecule has 2 fully saturated rings. The molecule has 2 aromatic heterocycles. The third-order valence-corrected chi connectivity index (χ3v) is 6.44. The maximum atomic E-state index is 12.6. The first-order valence-electron chi connectivity index (χ1n) is 9.51. The van der Waals surface area contributed by atoms with Crippen molar-refractivity contribution in [1.29, 1.82) is 0 Å². The normalized spacial score (nSPS) is 23.0. The highest BCUT2D eigenvalue weighted by Crippen LogP contribution is 2.39. The number of imide groups is 1. The number of oxazole rings is 1. The molecule has 3 atom stereocenters. The predicted molar refractivity (Wildman–Crippen MR) is 101 cm³/mol. The lowest BCUT2D eigenvalue weighted by molar-refractivity contribution is -0.159. The van der Waals surface area contributed by atoms with Gasteiger partial charge in [0.2, 0.25) is 17.7 Å². The minimum absolute atomic E-state index is 0.0625. The highest BCUT2D eigenvalue weighted by atomic mass is 32.1. The van der Waals surface area contributed by atoms with Crippen molar-refractivity contribution in [2.24, 2.45) is 11.8 Å². The number of aromatic nitrogens is 1. The number of carbonyl (C=O) groups is 3. The minimum atomic E-state index is -0.936. The van der Waals surface area contributed by atoms with Gasteiger partial charge in [0.25, 0.3) is 0 Å². The van der Waals surface area contributed by atoms with E-state index in [2.05, 4.69) is 4.98 Å². The fourth-order valence-electron chi connectivity index (χ4n) is 4.00. The fraction of sp³-hybridized carbons (Fsp3) is 0.500. The van der Waals surface area contributed by atoms with E-state index >= 15 is 0 Å². The van der Waals surface area contributed by atoms with Crippen LogP contribution in [-0.4, -0.2) is 33.7 Å². The van der Waals surface area contributed by atoms with Crippen molar-refractivity contribution in [2.75, 3.05) is 0 Å². The Hall–Kier alpha value is -2.48. The minimum Gasteiger partial charge on any atom is -0.457 e. The van der Waals surface area contributed by atoms with Crippen LogP contribution in [0.5, 0.6) is 0 Å². The zero-order valence-corrected chi connectivity index (χ0v) is 16.7. The van der Waals surface area contributed by atoms with Crippen LogP contribution < -0.4 is 0 Å². The van der Waals surface area contributed by atoms with E-state index in [0.29, 0.717) is 17.3 Å². The van der Waals surface area contributed by atoms with Crippen LogP contribution >= 0.6 is 11.3 Å². The van der Waals surface area contributed by atoms with Gasteiger partial charge in [0, 0.05) is 0 Å². The SMILES string of the molecule is Cc1oc(-c2cccs2)nc1COC(=O)[C@H](C)N1C(=O)C2CCCCC2C1=O. The Balaban J connectivity index is 1.41. The van der Waals surface area contributed by atoms with Crippen molar-refractivity contribution >= 4 is 29.1 Å². The number of hydrogen-bond donors (Lipinski definition) is 0. The van der Waals surface area contributed by atoms with Crippen molar-refractivity contribution in [3.8, 4) is 10.8 Å². The van der Waals surface area contributed by atoms with Crippen molar-refractivity contribution in [3.63, 3.8) is 0 Å². The number of amides is 2. The number of ether oxygens (including phenoxy) is 1. The molecule has 2 unspecified atom stereocenters. The van der Waals surface area contributed by atoms with Crippen molar-refractivity contribution < 1.29 is 23.5 Å². The second-order valence-electron chi connectivity index (χ2n) is 7.33.